The van der Waals surface area contributed by atoms with Gasteiger partial charge in [-0.05, 0) is 19.8 Å². The number of nitrogens with one attached hydrogen (secondary N) is 1. The summed E-state index contributed by atoms with van der Waals surface area (Å²) in [6, 6.07) is 0. The van der Waals surface area contributed by atoms with Gasteiger partial charge in [-0.15, -0.1) is 0 Å². The van der Waals surface area contributed by atoms with Crippen molar-refractivity contribution in [2.24, 2.45) is 0 Å². The van der Waals surface area contributed by atoms with Crippen molar-refractivity contribution in [3.63, 3.8) is 0 Å². The average molecular weight is 386 g/mol. The minimum Gasteiger partial charge on any atom is -0.373 e. The molecule has 1 fully saturated rings. The highest BCUT2D eigenvalue weighted by Crippen LogP contribution is 2.34. The van der Waals surface area contributed by atoms with Gasteiger partial charge in [0.25, 0.3) is 5.56 Å². The lowest BCUT2D eigenvalue weighted by molar-refractivity contribution is -0.143. The van der Waals surface area contributed by atoms with E-state index >= 15 is 0 Å². The second-order valence-electron chi connectivity index (χ2n) is 7.09. The molecule has 0 unspecified atom stereocenters. The SMILES string of the molecule is CCCCCO[C@H]1CO[C@](C)(n2cc(F)c(=O)[nH]c2=O)[C@H]1OCCCCC. The van der Waals surface area contributed by atoms with Crippen molar-refractivity contribution in [3.8, 4) is 0 Å². The van der Waals surface area contributed by atoms with Crippen LogP contribution in [0.4, 0.5) is 4.39 Å². The molecule has 1 aromatic heterocycles. The molecule has 154 valence electrons. The fourth-order valence-electron chi connectivity index (χ4n) is 3.30. The maximum Gasteiger partial charge on any atom is 0.330 e. The largest absolute Gasteiger partial charge is 0.373 e. The zero-order valence-electron chi connectivity index (χ0n) is 16.5. The van der Waals surface area contributed by atoms with Crippen LogP contribution in [0.3, 0.4) is 0 Å². The molecule has 0 amide bonds. The van der Waals surface area contributed by atoms with Crippen molar-refractivity contribution in [1.29, 1.82) is 0 Å². The summed E-state index contributed by atoms with van der Waals surface area (Å²) < 4.78 is 32.7. The lowest BCUT2D eigenvalue weighted by atomic mass is 10.1. The summed E-state index contributed by atoms with van der Waals surface area (Å²) in [6.45, 7) is 7.17. The van der Waals surface area contributed by atoms with Crippen molar-refractivity contribution in [3.05, 3.63) is 32.9 Å². The van der Waals surface area contributed by atoms with Gasteiger partial charge in [-0.2, -0.15) is 4.39 Å². The highest BCUT2D eigenvalue weighted by atomic mass is 19.1. The third-order valence-electron chi connectivity index (χ3n) is 4.91. The topological polar surface area (TPSA) is 82.5 Å². The number of H-pyrrole nitrogens is 1. The number of rotatable bonds is 11. The van der Waals surface area contributed by atoms with E-state index in [2.05, 4.69) is 13.8 Å². The molecular weight excluding hydrogens is 355 g/mol. The number of halogens is 1. The molecule has 0 saturated carbocycles. The van der Waals surface area contributed by atoms with E-state index in [0.29, 0.717) is 13.2 Å². The van der Waals surface area contributed by atoms with Crippen LogP contribution in [0.25, 0.3) is 0 Å². The summed E-state index contributed by atoms with van der Waals surface area (Å²) in [5.74, 6) is -1.04. The Labute approximate surface area is 158 Å². The lowest BCUT2D eigenvalue weighted by Gasteiger charge is -2.33. The van der Waals surface area contributed by atoms with Gasteiger partial charge in [0.1, 0.15) is 12.2 Å². The number of hydrogen-bond donors (Lipinski definition) is 1. The smallest absolute Gasteiger partial charge is 0.330 e. The van der Waals surface area contributed by atoms with Crippen molar-refractivity contribution >= 4 is 0 Å². The van der Waals surface area contributed by atoms with Crippen molar-refractivity contribution in [2.45, 2.75) is 77.2 Å². The Balaban J connectivity index is 2.22. The number of hydrogen-bond acceptors (Lipinski definition) is 5. The van der Waals surface area contributed by atoms with Crippen LogP contribution in [0.2, 0.25) is 0 Å². The summed E-state index contributed by atoms with van der Waals surface area (Å²) in [5, 5.41) is 0. The fraction of sp³-hybridized carbons (Fsp3) is 0.789. The van der Waals surface area contributed by atoms with Crippen molar-refractivity contribution in [2.75, 3.05) is 19.8 Å². The summed E-state index contributed by atoms with van der Waals surface area (Å²) >= 11 is 0. The number of nitrogens with zero attached hydrogens (tertiary/aromatic N) is 1. The first-order valence-electron chi connectivity index (χ1n) is 9.83. The first kappa shape index (κ1) is 21.8. The molecule has 1 aliphatic rings. The van der Waals surface area contributed by atoms with E-state index in [-0.39, 0.29) is 12.7 Å². The van der Waals surface area contributed by atoms with Crippen LogP contribution in [0.5, 0.6) is 0 Å². The maximum absolute atomic E-state index is 13.8. The highest BCUT2D eigenvalue weighted by molar-refractivity contribution is 4.99. The van der Waals surface area contributed by atoms with Gasteiger partial charge in [-0.1, -0.05) is 39.5 Å². The summed E-state index contributed by atoms with van der Waals surface area (Å²) in [4.78, 5) is 25.6. The summed E-state index contributed by atoms with van der Waals surface area (Å²) in [5.41, 5.74) is -3.05. The molecule has 0 radical (unpaired) electrons. The third kappa shape index (κ3) is 5.27. The first-order valence-corrected chi connectivity index (χ1v) is 9.83. The van der Waals surface area contributed by atoms with Crippen molar-refractivity contribution < 1.29 is 18.6 Å². The quantitative estimate of drug-likeness (QED) is 0.591. The average Bonchev–Trinajstić information content (AvgIpc) is 2.96. The van der Waals surface area contributed by atoms with Gasteiger partial charge in [0.15, 0.2) is 5.72 Å². The Bertz CT molecular complexity index is 704. The number of ether oxygens (including phenoxy) is 3. The molecule has 0 spiro atoms. The van der Waals surface area contributed by atoms with Gasteiger partial charge in [0, 0.05) is 13.2 Å². The van der Waals surface area contributed by atoms with Crippen LogP contribution in [-0.4, -0.2) is 41.6 Å². The first-order chi connectivity index (χ1) is 12.9. The minimum absolute atomic E-state index is 0.230. The van der Waals surface area contributed by atoms with Crippen LogP contribution < -0.4 is 11.2 Å². The Morgan fingerprint density at radius 3 is 2.44 bits per heavy atom. The molecule has 0 bridgehead atoms. The molecule has 1 aromatic rings. The van der Waals surface area contributed by atoms with Crippen molar-refractivity contribution in [1.82, 2.24) is 9.55 Å². The van der Waals surface area contributed by atoms with Crippen LogP contribution in [0.15, 0.2) is 15.8 Å². The normalized spacial score (nSPS) is 25.2. The van der Waals surface area contributed by atoms with Crippen LogP contribution in [0.1, 0.15) is 59.3 Å². The van der Waals surface area contributed by atoms with Crippen LogP contribution >= 0.6 is 0 Å². The second kappa shape index (κ2) is 10.1. The predicted octanol–water partition coefficient (Wildman–Crippen LogP) is 2.53. The molecule has 7 nitrogen and oxygen atoms in total. The molecule has 0 aliphatic carbocycles. The minimum atomic E-state index is -1.26. The summed E-state index contributed by atoms with van der Waals surface area (Å²) in [6.07, 6.45) is 5.98. The number of unbranched alkanes of at least 4 members (excludes halogenated alkanes) is 4. The Hall–Kier alpha value is -1.51. The molecule has 8 heteroatoms. The molecule has 1 aliphatic heterocycles. The van der Waals surface area contributed by atoms with Gasteiger partial charge in [0.05, 0.1) is 12.8 Å². The van der Waals surface area contributed by atoms with Gasteiger partial charge in [-0.3, -0.25) is 14.3 Å². The van der Waals surface area contributed by atoms with E-state index in [9.17, 15) is 14.0 Å². The number of aromatic nitrogens is 2. The molecule has 0 aromatic carbocycles. The van der Waals surface area contributed by atoms with Gasteiger partial charge < -0.3 is 14.2 Å². The van der Waals surface area contributed by atoms with E-state index in [4.69, 9.17) is 14.2 Å². The lowest BCUT2D eigenvalue weighted by Crippen LogP contribution is -2.51. The van der Waals surface area contributed by atoms with Crippen LogP contribution in [0, 0.1) is 5.82 Å². The van der Waals surface area contributed by atoms with E-state index in [1.807, 2.05) is 4.98 Å². The van der Waals surface area contributed by atoms with E-state index in [1.165, 1.54) is 0 Å². The maximum atomic E-state index is 13.8. The molecule has 27 heavy (non-hydrogen) atoms. The molecule has 1 saturated heterocycles. The fourth-order valence-corrected chi connectivity index (χ4v) is 3.30. The van der Waals surface area contributed by atoms with E-state index in [0.717, 1.165) is 49.3 Å². The van der Waals surface area contributed by atoms with Gasteiger partial charge >= 0.3 is 5.69 Å². The third-order valence-corrected chi connectivity index (χ3v) is 4.91. The van der Waals surface area contributed by atoms with E-state index < -0.39 is 28.9 Å². The molecule has 2 heterocycles. The number of aromatic amines is 1. The zero-order valence-corrected chi connectivity index (χ0v) is 16.5. The van der Waals surface area contributed by atoms with Gasteiger partial charge in [-0.25, -0.2) is 4.79 Å². The Kier molecular flexibility index (Phi) is 8.19. The Morgan fingerprint density at radius 1 is 1.19 bits per heavy atom. The highest BCUT2D eigenvalue weighted by Gasteiger charge is 2.50. The molecular formula is C19H31FN2O5. The summed E-state index contributed by atoms with van der Waals surface area (Å²) in [7, 11) is 0. The molecule has 3 atom stereocenters. The van der Waals surface area contributed by atoms with Gasteiger partial charge in [0.2, 0.25) is 5.82 Å². The predicted molar refractivity (Wildman–Crippen MR) is 99.4 cm³/mol. The standard InChI is InChI=1S/C19H31FN2O5/c1-4-6-8-10-25-15-13-27-19(3,16(15)26-11-9-7-5-2)22-12-14(20)17(23)21-18(22)24/h12,15-16H,4-11,13H2,1-3H3,(H,21,23,24)/t15-,16-,19-/m0/s1. The van der Waals surface area contributed by atoms with E-state index in [1.54, 1.807) is 6.92 Å². The monoisotopic (exact) mass is 386 g/mol. The zero-order chi connectivity index (χ0) is 19.9. The molecule has 1 N–H and O–H groups in total. The Morgan fingerprint density at radius 2 is 1.81 bits per heavy atom. The molecule has 2 rings (SSSR count). The second-order valence-corrected chi connectivity index (χ2v) is 7.09. The van der Waals surface area contributed by atoms with Crippen LogP contribution in [-0.2, 0) is 19.9 Å².